The maximum Gasteiger partial charge on any atom is 0.337 e. The summed E-state index contributed by atoms with van der Waals surface area (Å²) in [5, 5.41) is 7.27. The lowest BCUT2D eigenvalue weighted by molar-refractivity contribution is 0.0600. The fourth-order valence-corrected chi connectivity index (χ4v) is 2.79. The van der Waals surface area contributed by atoms with Gasteiger partial charge in [0.25, 0.3) is 5.91 Å². The molecule has 3 aromatic rings. The third kappa shape index (κ3) is 3.98. The molecule has 0 atom stereocenters. The number of pyridine rings is 1. The third-order valence-corrected chi connectivity index (χ3v) is 4.12. The number of aromatic nitrogens is 3. The number of ether oxygens (including phenoxy) is 1. The van der Waals surface area contributed by atoms with Gasteiger partial charge in [0.2, 0.25) is 0 Å². The Morgan fingerprint density at radius 1 is 1.15 bits per heavy atom. The number of anilines is 1. The standard InChI is InChI=1S/C19H17ClN4O3/c1-11-9-12(2)24(23-11)16-8-7-15(20)17(22-16)18(25)21-14-6-4-5-13(10-14)19(26)27-3/h4-10H,1-3H3,(H,21,25). The molecule has 138 valence electrons. The summed E-state index contributed by atoms with van der Waals surface area (Å²) in [5.41, 5.74) is 2.54. The average Bonchev–Trinajstić information content (AvgIpc) is 2.99. The monoisotopic (exact) mass is 384 g/mol. The van der Waals surface area contributed by atoms with E-state index in [0.29, 0.717) is 17.1 Å². The van der Waals surface area contributed by atoms with E-state index in [9.17, 15) is 9.59 Å². The zero-order valence-electron chi connectivity index (χ0n) is 15.0. The molecule has 0 saturated heterocycles. The molecule has 0 radical (unpaired) electrons. The van der Waals surface area contributed by atoms with Crippen LogP contribution in [0.25, 0.3) is 5.82 Å². The Balaban J connectivity index is 1.90. The zero-order chi connectivity index (χ0) is 19.6. The molecule has 1 aromatic carbocycles. The molecule has 2 heterocycles. The van der Waals surface area contributed by atoms with Gasteiger partial charge in [-0.3, -0.25) is 4.79 Å². The van der Waals surface area contributed by atoms with E-state index in [2.05, 4.69) is 20.1 Å². The van der Waals surface area contributed by atoms with Crippen LogP contribution in [-0.2, 0) is 4.74 Å². The SMILES string of the molecule is COC(=O)c1cccc(NC(=O)c2nc(-n3nc(C)cc3C)ccc2Cl)c1. The van der Waals surface area contributed by atoms with Gasteiger partial charge in [0.15, 0.2) is 5.82 Å². The topological polar surface area (TPSA) is 86.1 Å². The van der Waals surface area contributed by atoms with Crippen molar-refractivity contribution in [3.63, 3.8) is 0 Å². The van der Waals surface area contributed by atoms with Gasteiger partial charge in [-0.2, -0.15) is 5.10 Å². The van der Waals surface area contributed by atoms with Gasteiger partial charge in [0, 0.05) is 11.4 Å². The van der Waals surface area contributed by atoms with Crippen molar-refractivity contribution in [2.45, 2.75) is 13.8 Å². The highest BCUT2D eigenvalue weighted by Gasteiger charge is 2.16. The van der Waals surface area contributed by atoms with E-state index in [1.54, 1.807) is 35.0 Å². The first kappa shape index (κ1) is 18.6. The predicted octanol–water partition coefficient (Wildman–Crippen LogP) is 3.58. The summed E-state index contributed by atoms with van der Waals surface area (Å²) in [4.78, 5) is 28.6. The molecule has 0 aliphatic carbocycles. The molecule has 2 aromatic heterocycles. The van der Waals surface area contributed by atoms with Gasteiger partial charge in [0.1, 0.15) is 5.69 Å². The lowest BCUT2D eigenvalue weighted by Gasteiger charge is -2.10. The van der Waals surface area contributed by atoms with Crippen LogP contribution in [0, 0.1) is 13.8 Å². The number of rotatable bonds is 4. The summed E-state index contributed by atoms with van der Waals surface area (Å²) in [5.74, 6) is -0.502. The quantitative estimate of drug-likeness (QED) is 0.695. The molecule has 7 nitrogen and oxygen atoms in total. The smallest absolute Gasteiger partial charge is 0.337 e. The van der Waals surface area contributed by atoms with Crippen molar-refractivity contribution in [3.05, 3.63) is 70.1 Å². The molecule has 0 fully saturated rings. The van der Waals surface area contributed by atoms with Gasteiger partial charge in [-0.05, 0) is 50.2 Å². The molecule has 0 bridgehead atoms. The number of carbonyl (C=O) groups is 2. The van der Waals surface area contributed by atoms with Crippen LogP contribution >= 0.6 is 11.6 Å². The molecule has 1 N–H and O–H groups in total. The minimum atomic E-state index is -0.495. The van der Waals surface area contributed by atoms with Crippen LogP contribution in [0.2, 0.25) is 5.02 Å². The second-order valence-corrected chi connectivity index (χ2v) is 6.27. The molecular formula is C19H17ClN4O3. The molecule has 0 saturated carbocycles. The number of amides is 1. The van der Waals surface area contributed by atoms with Gasteiger partial charge >= 0.3 is 5.97 Å². The highest BCUT2D eigenvalue weighted by Crippen LogP contribution is 2.20. The van der Waals surface area contributed by atoms with Gasteiger partial charge < -0.3 is 10.1 Å². The molecule has 0 aliphatic rings. The molecule has 3 rings (SSSR count). The number of nitrogens with zero attached hydrogens (tertiary/aromatic N) is 3. The molecular weight excluding hydrogens is 368 g/mol. The molecule has 0 unspecified atom stereocenters. The number of nitrogens with one attached hydrogen (secondary N) is 1. The highest BCUT2D eigenvalue weighted by atomic mass is 35.5. The normalized spacial score (nSPS) is 10.5. The van der Waals surface area contributed by atoms with Gasteiger partial charge in [0.05, 0.1) is 23.4 Å². The predicted molar refractivity (Wildman–Crippen MR) is 102 cm³/mol. The lowest BCUT2D eigenvalue weighted by atomic mass is 10.2. The molecule has 1 amide bonds. The van der Waals surface area contributed by atoms with Crippen LogP contribution in [0.1, 0.15) is 32.2 Å². The Kier molecular flexibility index (Phi) is 5.23. The lowest BCUT2D eigenvalue weighted by Crippen LogP contribution is -2.16. The Morgan fingerprint density at radius 2 is 1.93 bits per heavy atom. The van der Waals surface area contributed by atoms with Crippen molar-refractivity contribution in [2.75, 3.05) is 12.4 Å². The van der Waals surface area contributed by atoms with Crippen molar-refractivity contribution in [1.82, 2.24) is 14.8 Å². The Morgan fingerprint density at radius 3 is 2.59 bits per heavy atom. The number of esters is 1. The van der Waals surface area contributed by atoms with Gasteiger partial charge in [-0.15, -0.1) is 0 Å². The molecule has 0 aliphatic heterocycles. The Labute approximate surface area is 160 Å². The Bertz CT molecular complexity index is 1030. The van der Waals surface area contributed by atoms with Crippen molar-refractivity contribution in [2.24, 2.45) is 0 Å². The minimum absolute atomic E-state index is 0.0604. The van der Waals surface area contributed by atoms with Crippen molar-refractivity contribution in [1.29, 1.82) is 0 Å². The number of carbonyl (C=O) groups excluding carboxylic acids is 2. The first-order valence-electron chi connectivity index (χ1n) is 8.09. The number of hydrogen-bond donors (Lipinski definition) is 1. The average molecular weight is 385 g/mol. The van der Waals surface area contributed by atoms with E-state index < -0.39 is 11.9 Å². The van der Waals surface area contributed by atoms with E-state index in [4.69, 9.17) is 11.6 Å². The summed E-state index contributed by atoms with van der Waals surface area (Å²) in [6, 6.07) is 11.6. The fourth-order valence-electron chi connectivity index (χ4n) is 2.60. The van der Waals surface area contributed by atoms with Crippen LogP contribution in [0.5, 0.6) is 0 Å². The van der Waals surface area contributed by atoms with Crippen LogP contribution in [-0.4, -0.2) is 33.8 Å². The van der Waals surface area contributed by atoms with Gasteiger partial charge in [-0.25, -0.2) is 14.5 Å². The van der Waals surface area contributed by atoms with Crippen LogP contribution < -0.4 is 5.32 Å². The fraction of sp³-hybridized carbons (Fsp3) is 0.158. The number of halogens is 1. The van der Waals surface area contributed by atoms with Crippen molar-refractivity contribution in [3.8, 4) is 5.82 Å². The summed E-state index contributed by atoms with van der Waals surface area (Å²) in [7, 11) is 1.29. The van der Waals surface area contributed by atoms with E-state index in [-0.39, 0.29) is 10.7 Å². The van der Waals surface area contributed by atoms with E-state index in [1.165, 1.54) is 13.2 Å². The van der Waals surface area contributed by atoms with Crippen molar-refractivity contribution < 1.29 is 14.3 Å². The van der Waals surface area contributed by atoms with Crippen LogP contribution in [0.4, 0.5) is 5.69 Å². The first-order chi connectivity index (χ1) is 12.9. The number of benzene rings is 1. The minimum Gasteiger partial charge on any atom is -0.465 e. The molecule has 27 heavy (non-hydrogen) atoms. The maximum atomic E-state index is 12.7. The number of methoxy groups -OCH3 is 1. The first-order valence-corrected chi connectivity index (χ1v) is 8.47. The van der Waals surface area contributed by atoms with E-state index in [0.717, 1.165) is 11.4 Å². The third-order valence-electron chi connectivity index (χ3n) is 3.81. The largest absolute Gasteiger partial charge is 0.465 e. The van der Waals surface area contributed by atoms with E-state index in [1.807, 2.05) is 19.9 Å². The summed E-state index contributed by atoms with van der Waals surface area (Å²) in [6.45, 7) is 3.77. The second-order valence-electron chi connectivity index (χ2n) is 5.87. The molecule has 8 heteroatoms. The van der Waals surface area contributed by atoms with Crippen LogP contribution in [0.3, 0.4) is 0 Å². The Hall–Kier alpha value is -3.19. The molecule has 0 spiro atoms. The summed E-state index contributed by atoms with van der Waals surface area (Å²) >= 11 is 6.17. The summed E-state index contributed by atoms with van der Waals surface area (Å²) < 4.78 is 6.32. The second kappa shape index (κ2) is 7.59. The zero-order valence-corrected chi connectivity index (χ0v) is 15.7. The van der Waals surface area contributed by atoms with Crippen molar-refractivity contribution >= 4 is 29.2 Å². The van der Waals surface area contributed by atoms with E-state index >= 15 is 0 Å². The maximum absolute atomic E-state index is 12.7. The van der Waals surface area contributed by atoms with Crippen LogP contribution in [0.15, 0.2) is 42.5 Å². The number of hydrogen-bond acceptors (Lipinski definition) is 5. The highest BCUT2D eigenvalue weighted by molar-refractivity contribution is 6.34. The summed E-state index contributed by atoms with van der Waals surface area (Å²) in [6.07, 6.45) is 0. The van der Waals surface area contributed by atoms with Gasteiger partial charge in [-0.1, -0.05) is 17.7 Å². The number of aryl methyl sites for hydroxylation is 2.